The molecule has 5 heteroatoms. The molecule has 0 N–H and O–H groups in total. The molecule has 0 saturated carbocycles. The first-order valence-electron chi connectivity index (χ1n) is 8.64. The van der Waals surface area contributed by atoms with Crippen LogP contribution >= 0.6 is 0 Å². The van der Waals surface area contributed by atoms with E-state index in [-0.39, 0.29) is 11.4 Å². The molecule has 1 heterocycles. The fraction of sp³-hybridized carbons (Fsp3) is 0.136. The van der Waals surface area contributed by atoms with Gasteiger partial charge in [0.25, 0.3) is 5.91 Å². The van der Waals surface area contributed by atoms with Crippen molar-refractivity contribution in [2.24, 2.45) is 0 Å². The van der Waals surface area contributed by atoms with Crippen molar-refractivity contribution >= 4 is 5.91 Å². The van der Waals surface area contributed by atoms with Crippen LogP contribution in [0.1, 0.15) is 33.1 Å². The largest absolute Gasteiger partial charge is 0.327 e. The van der Waals surface area contributed by atoms with E-state index in [1.165, 1.54) is 18.2 Å². The smallest absolute Gasteiger partial charge is 0.254 e. The van der Waals surface area contributed by atoms with Crippen molar-refractivity contribution in [2.75, 3.05) is 6.54 Å². The van der Waals surface area contributed by atoms with Crippen LogP contribution < -0.4 is 0 Å². The van der Waals surface area contributed by atoms with Crippen molar-refractivity contribution in [2.45, 2.75) is 12.5 Å². The molecule has 1 amide bonds. The lowest BCUT2D eigenvalue weighted by atomic mass is 9.87. The Balaban J connectivity index is 1.79. The van der Waals surface area contributed by atoms with Crippen LogP contribution in [-0.4, -0.2) is 17.4 Å². The molecule has 0 saturated heterocycles. The number of halogens is 3. The van der Waals surface area contributed by atoms with Gasteiger partial charge >= 0.3 is 0 Å². The summed E-state index contributed by atoms with van der Waals surface area (Å²) in [4.78, 5) is 14.7. The first kappa shape index (κ1) is 17.3. The highest BCUT2D eigenvalue weighted by atomic mass is 19.2. The minimum absolute atomic E-state index is 0.0837. The lowest BCUT2D eigenvalue weighted by Crippen LogP contribution is -2.40. The van der Waals surface area contributed by atoms with Crippen LogP contribution in [0.2, 0.25) is 0 Å². The maximum Gasteiger partial charge on any atom is 0.254 e. The first-order chi connectivity index (χ1) is 13.0. The summed E-state index contributed by atoms with van der Waals surface area (Å²) in [5, 5.41) is 0. The Hall–Kier alpha value is -3.08. The van der Waals surface area contributed by atoms with Crippen molar-refractivity contribution in [3.8, 4) is 0 Å². The minimum atomic E-state index is -1.06. The van der Waals surface area contributed by atoms with E-state index in [1.54, 1.807) is 17.0 Å². The van der Waals surface area contributed by atoms with E-state index in [9.17, 15) is 18.0 Å². The fourth-order valence-corrected chi connectivity index (χ4v) is 3.58. The van der Waals surface area contributed by atoms with Crippen molar-refractivity contribution in [1.29, 1.82) is 0 Å². The molecule has 0 aromatic heterocycles. The van der Waals surface area contributed by atoms with Crippen LogP contribution in [0.5, 0.6) is 0 Å². The third-order valence-electron chi connectivity index (χ3n) is 4.90. The lowest BCUT2D eigenvalue weighted by molar-refractivity contribution is 0.0694. The summed E-state index contributed by atoms with van der Waals surface area (Å²) < 4.78 is 40.3. The van der Waals surface area contributed by atoms with Gasteiger partial charge in [0.05, 0.1) is 6.04 Å². The van der Waals surface area contributed by atoms with Crippen LogP contribution in [0.3, 0.4) is 0 Å². The molecule has 0 unspecified atom stereocenters. The average molecular weight is 367 g/mol. The van der Waals surface area contributed by atoms with Crippen LogP contribution in [0, 0.1) is 17.5 Å². The number of carbonyl (C=O) groups excluding carboxylic acids is 1. The van der Waals surface area contributed by atoms with Crippen molar-refractivity contribution in [3.05, 3.63) is 106 Å². The normalized spacial score (nSPS) is 16.1. The van der Waals surface area contributed by atoms with Crippen molar-refractivity contribution < 1.29 is 18.0 Å². The second kappa shape index (κ2) is 6.91. The highest BCUT2D eigenvalue weighted by Gasteiger charge is 2.32. The summed E-state index contributed by atoms with van der Waals surface area (Å²) >= 11 is 0. The monoisotopic (exact) mass is 367 g/mol. The van der Waals surface area contributed by atoms with E-state index in [0.29, 0.717) is 13.0 Å². The molecule has 0 radical (unpaired) electrons. The zero-order valence-corrected chi connectivity index (χ0v) is 14.3. The molecule has 1 atom stereocenters. The van der Waals surface area contributed by atoms with E-state index in [1.807, 2.05) is 24.3 Å². The van der Waals surface area contributed by atoms with Crippen LogP contribution in [-0.2, 0) is 6.42 Å². The Bertz CT molecular complexity index is 1000. The average Bonchev–Trinajstić information content (AvgIpc) is 2.69. The standard InChI is InChI=1S/C22H16F3NO/c23-17-8-5-15(6-9-17)21-18-4-2-1-3-14(18)11-12-26(21)22(27)16-7-10-19(24)20(25)13-16/h1-10,13,21H,11-12H2/t21-/m0/s1. The number of nitrogens with zero attached hydrogens (tertiary/aromatic N) is 1. The zero-order chi connectivity index (χ0) is 19.0. The third-order valence-corrected chi connectivity index (χ3v) is 4.90. The van der Waals surface area contributed by atoms with Gasteiger partial charge < -0.3 is 4.90 Å². The van der Waals surface area contributed by atoms with E-state index < -0.39 is 23.6 Å². The molecule has 3 aromatic carbocycles. The highest BCUT2D eigenvalue weighted by Crippen LogP contribution is 2.36. The Morgan fingerprint density at radius 2 is 1.63 bits per heavy atom. The number of hydrogen-bond donors (Lipinski definition) is 0. The molecule has 0 spiro atoms. The summed E-state index contributed by atoms with van der Waals surface area (Å²) in [6.07, 6.45) is 0.656. The van der Waals surface area contributed by atoms with E-state index >= 15 is 0 Å². The third kappa shape index (κ3) is 3.21. The van der Waals surface area contributed by atoms with Gasteiger partial charge in [0.15, 0.2) is 11.6 Å². The maximum absolute atomic E-state index is 13.6. The van der Waals surface area contributed by atoms with Crippen molar-refractivity contribution in [1.82, 2.24) is 4.90 Å². The summed E-state index contributed by atoms with van der Waals surface area (Å²) in [6, 6.07) is 16.5. The van der Waals surface area contributed by atoms with Crippen LogP contribution in [0.25, 0.3) is 0 Å². The SMILES string of the molecule is O=C(c1ccc(F)c(F)c1)N1CCc2ccccc2[C@@H]1c1ccc(F)cc1. The molecule has 27 heavy (non-hydrogen) atoms. The fourth-order valence-electron chi connectivity index (χ4n) is 3.58. The lowest BCUT2D eigenvalue weighted by Gasteiger charge is -2.38. The second-order valence-corrected chi connectivity index (χ2v) is 6.53. The molecule has 1 aliphatic heterocycles. The zero-order valence-electron chi connectivity index (χ0n) is 14.3. The van der Waals surface area contributed by atoms with Gasteiger partial charge in [0.1, 0.15) is 5.82 Å². The number of rotatable bonds is 2. The van der Waals surface area contributed by atoms with E-state index in [2.05, 4.69) is 0 Å². The Kier molecular flexibility index (Phi) is 4.44. The van der Waals surface area contributed by atoms with Gasteiger partial charge in [-0.1, -0.05) is 36.4 Å². The topological polar surface area (TPSA) is 20.3 Å². The number of hydrogen-bond acceptors (Lipinski definition) is 1. The Morgan fingerprint density at radius 1 is 0.889 bits per heavy atom. The van der Waals surface area contributed by atoms with Gasteiger partial charge in [-0.15, -0.1) is 0 Å². The van der Waals surface area contributed by atoms with Gasteiger partial charge in [0.2, 0.25) is 0 Å². The summed E-state index contributed by atoms with van der Waals surface area (Å²) in [5.74, 6) is -2.80. The molecule has 3 aromatic rings. The quantitative estimate of drug-likeness (QED) is 0.631. The molecule has 136 valence electrons. The van der Waals surface area contributed by atoms with Gasteiger partial charge in [-0.3, -0.25) is 4.79 Å². The number of benzene rings is 3. The predicted octanol–water partition coefficient (Wildman–Crippen LogP) is 4.89. The second-order valence-electron chi connectivity index (χ2n) is 6.53. The predicted molar refractivity (Wildman–Crippen MR) is 95.8 cm³/mol. The molecule has 2 nitrogen and oxygen atoms in total. The highest BCUT2D eigenvalue weighted by molar-refractivity contribution is 5.95. The maximum atomic E-state index is 13.6. The van der Waals surface area contributed by atoms with Gasteiger partial charge in [0, 0.05) is 12.1 Å². The number of carbonyl (C=O) groups is 1. The molecule has 0 fully saturated rings. The summed E-state index contributed by atoms with van der Waals surface area (Å²) in [5.41, 5.74) is 2.91. The van der Waals surface area contributed by atoms with Gasteiger partial charge in [-0.2, -0.15) is 0 Å². The summed E-state index contributed by atoms with van der Waals surface area (Å²) in [6.45, 7) is 0.427. The molecule has 1 aliphatic rings. The number of fused-ring (bicyclic) bond motifs is 1. The Labute approximate surface area is 154 Å². The number of amides is 1. The van der Waals surface area contributed by atoms with Gasteiger partial charge in [-0.25, -0.2) is 13.2 Å². The van der Waals surface area contributed by atoms with Gasteiger partial charge in [-0.05, 0) is 53.4 Å². The molecular weight excluding hydrogens is 351 g/mol. The first-order valence-corrected chi connectivity index (χ1v) is 8.64. The van der Waals surface area contributed by atoms with Crippen molar-refractivity contribution in [3.63, 3.8) is 0 Å². The molecule has 0 aliphatic carbocycles. The molecule has 4 rings (SSSR count). The Morgan fingerprint density at radius 3 is 2.37 bits per heavy atom. The molecule has 0 bridgehead atoms. The minimum Gasteiger partial charge on any atom is -0.327 e. The summed E-state index contributed by atoms with van der Waals surface area (Å²) in [7, 11) is 0. The van der Waals surface area contributed by atoms with Crippen LogP contribution in [0.4, 0.5) is 13.2 Å². The molecular formula is C22H16F3NO. The van der Waals surface area contributed by atoms with E-state index in [0.717, 1.165) is 28.8 Å². The van der Waals surface area contributed by atoms with E-state index in [4.69, 9.17) is 0 Å². The van der Waals surface area contributed by atoms with Crippen LogP contribution in [0.15, 0.2) is 66.7 Å².